The lowest BCUT2D eigenvalue weighted by molar-refractivity contribution is 0.0428. The second-order valence-electron chi connectivity index (χ2n) is 7.39. The summed E-state index contributed by atoms with van der Waals surface area (Å²) < 4.78 is 5.36. The number of anilines is 1. The molecule has 0 radical (unpaired) electrons. The standard InChI is InChI=1S/C21H22ClN5O2S/c22-16-3-1-15(2-4-16)17-13-30-20-18(17)19(23-14-24-20)25-5-7-26(8-6-25)21(28)27-9-11-29-12-10-27/h1-4,13-14H,5-12H2. The van der Waals surface area contributed by atoms with Crippen molar-refractivity contribution in [1.82, 2.24) is 19.8 Å². The van der Waals surface area contributed by atoms with Crippen LogP contribution >= 0.6 is 22.9 Å². The van der Waals surface area contributed by atoms with Crippen LogP contribution in [0.2, 0.25) is 5.02 Å². The van der Waals surface area contributed by atoms with Crippen molar-refractivity contribution < 1.29 is 9.53 Å². The monoisotopic (exact) mass is 443 g/mol. The minimum atomic E-state index is 0.114. The first-order valence-electron chi connectivity index (χ1n) is 10.1. The Morgan fingerprint density at radius 1 is 0.967 bits per heavy atom. The normalized spacial score (nSPS) is 17.6. The van der Waals surface area contributed by atoms with E-state index in [0.29, 0.717) is 39.4 Å². The first kappa shape index (κ1) is 19.5. The molecule has 0 bridgehead atoms. The van der Waals surface area contributed by atoms with Crippen LogP contribution in [-0.2, 0) is 4.74 Å². The molecule has 30 heavy (non-hydrogen) atoms. The quantitative estimate of drug-likeness (QED) is 0.605. The third-order valence-electron chi connectivity index (χ3n) is 5.64. The van der Waals surface area contributed by atoms with Crippen molar-refractivity contribution in [3.8, 4) is 11.1 Å². The number of benzene rings is 1. The maximum atomic E-state index is 12.8. The van der Waals surface area contributed by atoms with Gasteiger partial charge in [0.25, 0.3) is 0 Å². The number of thiophene rings is 1. The van der Waals surface area contributed by atoms with Gasteiger partial charge in [0.15, 0.2) is 0 Å². The van der Waals surface area contributed by atoms with Gasteiger partial charge in [-0.2, -0.15) is 0 Å². The van der Waals surface area contributed by atoms with E-state index in [2.05, 4.69) is 20.2 Å². The highest BCUT2D eigenvalue weighted by Crippen LogP contribution is 2.38. The second kappa shape index (κ2) is 8.37. The molecule has 0 unspecified atom stereocenters. The number of urea groups is 1. The van der Waals surface area contributed by atoms with Crippen molar-refractivity contribution >= 4 is 45.0 Å². The summed E-state index contributed by atoms with van der Waals surface area (Å²) in [5.74, 6) is 0.935. The number of hydrogen-bond acceptors (Lipinski definition) is 6. The highest BCUT2D eigenvalue weighted by Gasteiger charge is 2.28. The molecule has 1 aromatic carbocycles. The molecule has 3 aromatic rings. The van der Waals surface area contributed by atoms with Crippen LogP contribution in [0, 0.1) is 0 Å². The van der Waals surface area contributed by atoms with Gasteiger partial charge < -0.3 is 19.4 Å². The van der Waals surface area contributed by atoms with Gasteiger partial charge in [0.1, 0.15) is 17.0 Å². The van der Waals surface area contributed by atoms with E-state index in [1.807, 2.05) is 34.1 Å². The average molecular weight is 444 g/mol. The largest absolute Gasteiger partial charge is 0.378 e. The van der Waals surface area contributed by atoms with Crippen LogP contribution in [0.5, 0.6) is 0 Å². The Morgan fingerprint density at radius 3 is 2.40 bits per heavy atom. The lowest BCUT2D eigenvalue weighted by Crippen LogP contribution is -2.55. The predicted molar refractivity (Wildman–Crippen MR) is 119 cm³/mol. The fourth-order valence-corrected chi connectivity index (χ4v) is 5.04. The van der Waals surface area contributed by atoms with E-state index in [0.717, 1.165) is 45.3 Å². The summed E-state index contributed by atoms with van der Waals surface area (Å²) >= 11 is 7.69. The number of hydrogen-bond donors (Lipinski definition) is 0. The van der Waals surface area contributed by atoms with Crippen LogP contribution < -0.4 is 4.90 Å². The van der Waals surface area contributed by atoms with E-state index in [9.17, 15) is 4.79 Å². The molecule has 7 nitrogen and oxygen atoms in total. The lowest BCUT2D eigenvalue weighted by atomic mass is 10.1. The van der Waals surface area contributed by atoms with Gasteiger partial charge in [-0.25, -0.2) is 14.8 Å². The summed E-state index contributed by atoms with van der Waals surface area (Å²) in [7, 11) is 0. The van der Waals surface area contributed by atoms with Crippen LogP contribution in [0.3, 0.4) is 0 Å². The maximum absolute atomic E-state index is 12.8. The molecule has 0 saturated carbocycles. The molecule has 0 atom stereocenters. The zero-order chi connectivity index (χ0) is 20.5. The topological polar surface area (TPSA) is 61.8 Å². The number of halogens is 1. The smallest absolute Gasteiger partial charge is 0.320 e. The van der Waals surface area contributed by atoms with Gasteiger partial charge in [-0.1, -0.05) is 23.7 Å². The van der Waals surface area contributed by atoms with Gasteiger partial charge in [-0.15, -0.1) is 11.3 Å². The number of nitrogens with zero attached hydrogens (tertiary/aromatic N) is 5. The molecule has 0 N–H and O–H groups in total. The molecular formula is C21H22ClN5O2S. The fraction of sp³-hybridized carbons (Fsp3) is 0.381. The minimum absolute atomic E-state index is 0.114. The zero-order valence-corrected chi connectivity index (χ0v) is 18.0. The molecule has 2 aromatic heterocycles. The van der Waals surface area contributed by atoms with Gasteiger partial charge in [0, 0.05) is 55.2 Å². The first-order chi connectivity index (χ1) is 14.7. The number of rotatable bonds is 2. The van der Waals surface area contributed by atoms with Crippen molar-refractivity contribution in [2.45, 2.75) is 0 Å². The van der Waals surface area contributed by atoms with Gasteiger partial charge >= 0.3 is 6.03 Å². The molecule has 0 spiro atoms. The zero-order valence-electron chi connectivity index (χ0n) is 16.5. The first-order valence-corrected chi connectivity index (χ1v) is 11.3. The Bertz CT molecular complexity index is 1040. The molecule has 0 aliphatic carbocycles. The van der Waals surface area contributed by atoms with E-state index in [1.54, 1.807) is 17.7 Å². The number of piperazine rings is 1. The highest BCUT2D eigenvalue weighted by molar-refractivity contribution is 7.17. The molecule has 4 heterocycles. The van der Waals surface area contributed by atoms with Crippen molar-refractivity contribution in [1.29, 1.82) is 0 Å². The number of ether oxygens (including phenoxy) is 1. The van der Waals surface area contributed by atoms with Crippen molar-refractivity contribution in [3.63, 3.8) is 0 Å². The fourth-order valence-electron chi connectivity index (χ4n) is 4.01. The Kier molecular flexibility index (Phi) is 5.45. The van der Waals surface area contributed by atoms with Crippen LogP contribution in [0.4, 0.5) is 10.6 Å². The Balaban J connectivity index is 1.37. The number of aromatic nitrogens is 2. The molecule has 9 heteroatoms. The summed E-state index contributed by atoms with van der Waals surface area (Å²) in [6, 6.07) is 7.97. The number of carbonyl (C=O) groups is 1. The van der Waals surface area contributed by atoms with Crippen molar-refractivity contribution in [2.24, 2.45) is 0 Å². The maximum Gasteiger partial charge on any atom is 0.320 e. The summed E-state index contributed by atoms with van der Waals surface area (Å²) in [4.78, 5) is 28.9. The SMILES string of the molecule is O=C(N1CCOCC1)N1CCN(c2ncnc3scc(-c4ccc(Cl)cc4)c23)CC1. The molecule has 5 rings (SSSR count). The minimum Gasteiger partial charge on any atom is -0.378 e. The van der Waals surface area contributed by atoms with E-state index < -0.39 is 0 Å². The highest BCUT2D eigenvalue weighted by atomic mass is 35.5. The van der Waals surface area contributed by atoms with Crippen LogP contribution in [-0.4, -0.2) is 78.3 Å². The molecule has 2 fully saturated rings. The van der Waals surface area contributed by atoms with E-state index in [1.165, 1.54) is 0 Å². The molecule has 2 saturated heterocycles. The van der Waals surface area contributed by atoms with E-state index in [4.69, 9.17) is 16.3 Å². The molecule has 2 aliphatic rings. The molecule has 2 amide bonds. The van der Waals surface area contributed by atoms with Gasteiger partial charge in [0.2, 0.25) is 0 Å². The third kappa shape index (κ3) is 3.71. The summed E-state index contributed by atoms with van der Waals surface area (Å²) in [5, 5.41) is 3.91. The summed E-state index contributed by atoms with van der Waals surface area (Å²) in [6.45, 7) is 5.45. The van der Waals surface area contributed by atoms with Crippen molar-refractivity contribution in [2.75, 3.05) is 57.4 Å². The number of morpholine rings is 1. The number of amides is 2. The lowest BCUT2D eigenvalue weighted by Gasteiger charge is -2.39. The second-order valence-corrected chi connectivity index (χ2v) is 8.68. The van der Waals surface area contributed by atoms with Crippen LogP contribution in [0.25, 0.3) is 21.3 Å². The summed E-state index contributed by atoms with van der Waals surface area (Å²) in [5.41, 5.74) is 2.22. The number of carbonyl (C=O) groups excluding carboxylic acids is 1. The van der Waals surface area contributed by atoms with Gasteiger partial charge in [0.05, 0.1) is 18.6 Å². The van der Waals surface area contributed by atoms with E-state index in [-0.39, 0.29) is 6.03 Å². The molecule has 2 aliphatic heterocycles. The molecular weight excluding hydrogens is 422 g/mol. The number of fused-ring (bicyclic) bond motifs is 1. The van der Waals surface area contributed by atoms with Gasteiger partial charge in [-0.05, 0) is 17.7 Å². The Hall–Kier alpha value is -2.42. The Labute approximate surface area is 183 Å². The third-order valence-corrected chi connectivity index (χ3v) is 6.78. The Morgan fingerprint density at radius 2 is 1.67 bits per heavy atom. The average Bonchev–Trinajstić information content (AvgIpc) is 3.24. The predicted octanol–water partition coefficient (Wildman–Crippen LogP) is 3.59. The van der Waals surface area contributed by atoms with Crippen LogP contribution in [0.1, 0.15) is 0 Å². The summed E-state index contributed by atoms with van der Waals surface area (Å²) in [6.07, 6.45) is 1.63. The van der Waals surface area contributed by atoms with Crippen molar-refractivity contribution in [3.05, 3.63) is 41.0 Å². The van der Waals surface area contributed by atoms with E-state index >= 15 is 0 Å². The molecule has 156 valence electrons. The van der Waals surface area contributed by atoms with Gasteiger partial charge in [-0.3, -0.25) is 0 Å². The van der Waals surface area contributed by atoms with Crippen LogP contribution in [0.15, 0.2) is 36.0 Å².